The van der Waals surface area contributed by atoms with E-state index in [0.29, 0.717) is 10.0 Å². The molecule has 2 rings (SSSR count). The van der Waals surface area contributed by atoms with Crippen molar-refractivity contribution in [2.24, 2.45) is 5.73 Å². The zero-order chi connectivity index (χ0) is 13.1. The largest absolute Gasteiger partial charge is 0.323 e. The maximum atomic E-state index is 6.25. The lowest BCUT2D eigenvalue weighted by Gasteiger charge is -2.20. The van der Waals surface area contributed by atoms with Crippen LogP contribution in [0.15, 0.2) is 42.6 Å². The van der Waals surface area contributed by atoms with Gasteiger partial charge in [-0.15, -0.1) is 0 Å². The molecule has 0 saturated heterocycles. The Morgan fingerprint density at radius 3 is 2.33 bits per heavy atom. The summed E-state index contributed by atoms with van der Waals surface area (Å²) in [6.45, 7) is 2.04. The van der Waals surface area contributed by atoms with Gasteiger partial charge in [-0.3, -0.25) is 4.98 Å². The third-order valence-electron chi connectivity index (χ3n) is 2.96. The summed E-state index contributed by atoms with van der Waals surface area (Å²) in [4.78, 5) is 4.32. The van der Waals surface area contributed by atoms with E-state index >= 15 is 0 Å². The molecule has 0 amide bonds. The molecule has 2 unspecified atom stereocenters. The smallest absolute Gasteiger partial charge is 0.0450 e. The quantitative estimate of drug-likeness (QED) is 0.916. The predicted octanol–water partition coefficient (Wildman–Crippen LogP) is 4.19. The minimum absolute atomic E-state index is 0.0979. The van der Waals surface area contributed by atoms with Gasteiger partial charge >= 0.3 is 0 Å². The molecule has 2 atom stereocenters. The van der Waals surface area contributed by atoms with Crippen LogP contribution in [0.2, 0.25) is 10.0 Å². The van der Waals surface area contributed by atoms with Crippen LogP contribution in [-0.2, 0) is 0 Å². The van der Waals surface area contributed by atoms with Crippen molar-refractivity contribution < 1.29 is 0 Å². The molecule has 4 heteroatoms. The first-order valence-electron chi connectivity index (χ1n) is 5.70. The van der Waals surface area contributed by atoms with Crippen LogP contribution in [0, 0.1) is 0 Å². The Balaban J connectivity index is 2.28. The molecule has 1 aromatic heterocycles. The molecule has 0 saturated carbocycles. The van der Waals surface area contributed by atoms with Gasteiger partial charge in [-0.05, 0) is 35.9 Å². The summed E-state index contributed by atoms with van der Waals surface area (Å²) < 4.78 is 0. The van der Waals surface area contributed by atoms with E-state index < -0.39 is 0 Å². The highest BCUT2D eigenvalue weighted by atomic mass is 35.5. The average molecular weight is 281 g/mol. The molecular formula is C14H14Cl2N2. The molecule has 0 radical (unpaired) electrons. The number of rotatable bonds is 3. The third-order valence-corrected chi connectivity index (χ3v) is 3.40. The summed E-state index contributed by atoms with van der Waals surface area (Å²) in [6.07, 6.45) is 1.77. The average Bonchev–Trinajstić information content (AvgIpc) is 2.37. The van der Waals surface area contributed by atoms with Crippen molar-refractivity contribution in [1.82, 2.24) is 4.98 Å². The number of benzene rings is 1. The molecular weight excluding hydrogens is 267 g/mol. The van der Waals surface area contributed by atoms with E-state index in [1.807, 2.05) is 37.3 Å². The second kappa shape index (κ2) is 5.70. The molecule has 0 bridgehead atoms. The SMILES string of the molecule is CC(c1ccccn1)C(N)c1cc(Cl)cc(Cl)c1. The van der Waals surface area contributed by atoms with Gasteiger partial charge in [0, 0.05) is 33.9 Å². The minimum atomic E-state index is -0.184. The molecule has 2 N–H and O–H groups in total. The van der Waals surface area contributed by atoms with Gasteiger partial charge in [0.25, 0.3) is 0 Å². The highest BCUT2D eigenvalue weighted by Gasteiger charge is 2.18. The lowest BCUT2D eigenvalue weighted by atomic mass is 9.92. The van der Waals surface area contributed by atoms with Gasteiger partial charge in [-0.25, -0.2) is 0 Å². The summed E-state index contributed by atoms with van der Waals surface area (Å²) in [7, 11) is 0. The zero-order valence-corrected chi connectivity index (χ0v) is 11.5. The summed E-state index contributed by atoms with van der Waals surface area (Å²) in [6, 6.07) is 11.0. The topological polar surface area (TPSA) is 38.9 Å². The first kappa shape index (κ1) is 13.3. The van der Waals surface area contributed by atoms with Crippen LogP contribution in [-0.4, -0.2) is 4.98 Å². The lowest BCUT2D eigenvalue weighted by molar-refractivity contribution is 0.584. The van der Waals surface area contributed by atoms with E-state index in [9.17, 15) is 0 Å². The van der Waals surface area contributed by atoms with Crippen molar-refractivity contribution in [3.05, 3.63) is 63.9 Å². The van der Waals surface area contributed by atoms with Crippen molar-refractivity contribution in [3.8, 4) is 0 Å². The van der Waals surface area contributed by atoms with E-state index in [-0.39, 0.29) is 12.0 Å². The Morgan fingerprint density at radius 1 is 1.11 bits per heavy atom. The van der Waals surface area contributed by atoms with E-state index in [4.69, 9.17) is 28.9 Å². The molecule has 0 aliphatic rings. The Bertz CT molecular complexity index is 508. The van der Waals surface area contributed by atoms with Gasteiger partial charge in [0.2, 0.25) is 0 Å². The minimum Gasteiger partial charge on any atom is -0.323 e. The van der Waals surface area contributed by atoms with Gasteiger partial charge in [0.1, 0.15) is 0 Å². The van der Waals surface area contributed by atoms with Gasteiger partial charge in [-0.2, -0.15) is 0 Å². The number of halogens is 2. The number of aromatic nitrogens is 1. The van der Waals surface area contributed by atoms with Crippen molar-refractivity contribution in [3.63, 3.8) is 0 Å². The van der Waals surface area contributed by atoms with E-state index in [1.54, 1.807) is 12.3 Å². The Hall–Kier alpha value is -1.09. The highest BCUT2D eigenvalue weighted by Crippen LogP contribution is 2.30. The summed E-state index contributed by atoms with van der Waals surface area (Å²) in [5.41, 5.74) is 8.13. The zero-order valence-electron chi connectivity index (χ0n) is 9.98. The standard InChI is InChI=1S/C14H14Cl2N2/c1-9(13-4-2-3-5-18-13)14(17)10-6-11(15)8-12(16)7-10/h2-9,14H,17H2,1H3. The summed E-state index contributed by atoms with van der Waals surface area (Å²) >= 11 is 12.0. The molecule has 0 fully saturated rings. The molecule has 2 aromatic rings. The Labute approximate surface area is 117 Å². The van der Waals surface area contributed by atoms with Crippen LogP contribution in [0.25, 0.3) is 0 Å². The maximum Gasteiger partial charge on any atom is 0.0450 e. The predicted molar refractivity (Wildman–Crippen MR) is 76.0 cm³/mol. The second-order valence-corrected chi connectivity index (χ2v) is 5.14. The van der Waals surface area contributed by atoms with Crippen LogP contribution < -0.4 is 5.73 Å². The number of nitrogens with two attached hydrogens (primary N) is 1. The molecule has 2 nitrogen and oxygen atoms in total. The van der Waals surface area contributed by atoms with E-state index in [2.05, 4.69) is 4.98 Å². The number of hydrogen-bond acceptors (Lipinski definition) is 2. The van der Waals surface area contributed by atoms with E-state index in [0.717, 1.165) is 11.3 Å². The number of hydrogen-bond donors (Lipinski definition) is 1. The monoisotopic (exact) mass is 280 g/mol. The summed E-state index contributed by atoms with van der Waals surface area (Å²) in [5.74, 6) is 0.0979. The molecule has 18 heavy (non-hydrogen) atoms. The van der Waals surface area contributed by atoms with Crippen molar-refractivity contribution >= 4 is 23.2 Å². The van der Waals surface area contributed by atoms with Crippen LogP contribution in [0.1, 0.15) is 30.1 Å². The molecule has 94 valence electrons. The van der Waals surface area contributed by atoms with Crippen LogP contribution >= 0.6 is 23.2 Å². The highest BCUT2D eigenvalue weighted by molar-refractivity contribution is 6.34. The van der Waals surface area contributed by atoms with Gasteiger partial charge in [-0.1, -0.05) is 36.2 Å². The first-order valence-corrected chi connectivity index (χ1v) is 6.46. The molecule has 1 heterocycles. The fraction of sp³-hybridized carbons (Fsp3) is 0.214. The maximum absolute atomic E-state index is 6.25. The van der Waals surface area contributed by atoms with E-state index in [1.165, 1.54) is 0 Å². The second-order valence-electron chi connectivity index (χ2n) is 4.27. The molecule has 1 aromatic carbocycles. The Kier molecular flexibility index (Phi) is 4.23. The molecule has 0 aliphatic carbocycles. The number of nitrogens with zero attached hydrogens (tertiary/aromatic N) is 1. The Morgan fingerprint density at radius 2 is 1.78 bits per heavy atom. The van der Waals surface area contributed by atoms with Crippen molar-refractivity contribution in [2.45, 2.75) is 18.9 Å². The third kappa shape index (κ3) is 3.02. The number of pyridine rings is 1. The lowest BCUT2D eigenvalue weighted by Crippen LogP contribution is -2.18. The fourth-order valence-corrected chi connectivity index (χ4v) is 2.43. The van der Waals surface area contributed by atoms with Crippen molar-refractivity contribution in [1.29, 1.82) is 0 Å². The van der Waals surface area contributed by atoms with Crippen LogP contribution in [0.3, 0.4) is 0 Å². The van der Waals surface area contributed by atoms with Gasteiger partial charge in [0.05, 0.1) is 0 Å². The van der Waals surface area contributed by atoms with Gasteiger partial charge < -0.3 is 5.73 Å². The van der Waals surface area contributed by atoms with Crippen LogP contribution in [0.5, 0.6) is 0 Å². The fourth-order valence-electron chi connectivity index (χ4n) is 1.89. The molecule has 0 aliphatic heterocycles. The van der Waals surface area contributed by atoms with Crippen LogP contribution in [0.4, 0.5) is 0 Å². The summed E-state index contributed by atoms with van der Waals surface area (Å²) in [5, 5.41) is 1.20. The molecule has 0 spiro atoms. The van der Waals surface area contributed by atoms with Gasteiger partial charge in [0.15, 0.2) is 0 Å². The first-order chi connectivity index (χ1) is 8.58. The van der Waals surface area contributed by atoms with Crippen molar-refractivity contribution in [2.75, 3.05) is 0 Å². The normalized spacial score (nSPS) is 14.2.